The minimum Gasteiger partial charge on any atom is -0.356 e. The lowest BCUT2D eigenvalue weighted by molar-refractivity contribution is -0.138. The molecule has 0 saturated carbocycles. The SMILES string of the molecule is CCCN(CCC)C(=O)CCCC(=O)NCCc1ccccc1C(F)(F)F. The number of halogens is 3. The highest BCUT2D eigenvalue weighted by Gasteiger charge is 2.32. The summed E-state index contributed by atoms with van der Waals surface area (Å²) in [5.74, 6) is -0.199. The molecule has 1 rings (SSSR count). The molecule has 0 unspecified atom stereocenters. The maximum atomic E-state index is 12.9. The third kappa shape index (κ3) is 8.45. The van der Waals surface area contributed by atoms with Crippen molar-refractivity contribution >= 4 is 11.8 Å². The van der Waals surface area contributed by atoms with Crippen molar-refractivity contribution in [2.45, 2.75) is 58.5 Å². The Morgan fingerprint density at radius 3 is 2.26 bits per heavy atom. The van der Waals surface area contributed by atoms with E-state index in [2.05, 4.69) is 5.32 Å². The molecule has 1 N–H and O–H groups in total. The number of carbonyl (C=O) groups is 2. The van der Waals surface area contributed by atoms with Crippen LogP contribution in [0.3, 0.4) is 0 Å². The molecule has 0 heterocycles. The summed E-state index contributed by atoms with van der Waals surface area (Å²) < 4.78 is 38.8. The van der Waals surface area contributed by atoms with Gasteiger partial charge in [-0.25, -0.2) is 0 Å². The van der Waals surface area contributed by atoms with E-state index < -0.39 is 11.7 Å². The average Bonchev–Trinajstić information content (AvgIpc) is 2.61. The van der Waals surface area contributed by atoms with E-state index >= 15 is 0 Å². The first-order valence-electron chi connectivity index (χ1n) is 9.49. The van der Waals surface area contributed by atoms with Gasteiger partial charge in [0.1, 0.15) is 0 Å². The van der Waals surface area contributed by atoms with Crippen molar-refractivity contribution in [1.82, 2.24) is 10.2 Å². The Morgan fingerprint density at radius 1 is 1.04 bits per heavy atom. The van der Waals surface area contributed by atoms with Crippen LogP contribution >= 0.6 is 0 Å². The van der Waals surface area contributed by atoms with E-state index in [9.17, 15) is 22.8 Å². The van der Waals surface area contributed by atoms with Crippen LogP contribution in [-0.4, -0.2) is 36.3 Å². The van der Waals surface area contributed by atoms with E-state index in [1.54, 1.807) is 6.07 Å². The molecular formula is C20H29F3N2O2. The molecule has 0 saturated heterocycles. The van der Waals surface area contributed by atoms with Crippen LogP contribution in [0.15, 0.2) is 24.3 Å². The molecule has 0 fully saturated rings. The summed E-state index contributed by atoms with van der Waals surface area (Å²) in [7, 11) is 0. The third-order valence-electron chi connectivity index (χ3n) is 4.17. The first-order chi connectivity index (χ1) is 12.8. The van der Waals surface area contributed by atoms with E-state index in [1.807, 2.05) is 18.7 Å². The first kappa shape index (κ1) is 23.0. The highest BCUT2D eigenvalue weighted by Crippen LogP contribution is 2.31. The predicted molar refractivity (Wildman–Crippen MR) is 99.2 cm³/mol. The van der Waals surface area contributed by atoms with Gasteiger partial charge in [-0.2, -0.15) is 13.2 Å². The van der Waals surface area contributed by atoms with Gasteiger partial charge in [-0.05, 0) is 37.3 Å². The molecule has 2 amide bonds. The molecule has 0 aromatic heterocycles. The van der Waals surface area contributed by atoms with Crippen molar-refractivity contribution in [1.29, 1.82) is 0 Å². The molecule has 0 aliphatic carbocycles. The number of benzene rings is 1. The largest absolute Gasteiger partial charge is 0.416 e. The zero-order chi connectivity index (χ0) is 20.3. The predicted octanol–water partition coefficient (Wildman–Crippen LogP) is 4.18. The summed E-state index contributed by atoms with van der Waals surface area (Å²) in [6.07, 6.45) is -1.56. The number of alkyl halides is 3. The zero-order valence-corrected chi connectivity index (χ0v) is 16.1. The molecule has 27 heavy (non-hydrogen) atoms. The van der Waals surface area contributed by atoms with Gasteiger partial charge in [-0.1, -0.05) is 32.0 Å². The Kier molecular flexibility index (Phi) is 9.89. The molecule has 7 heteroatoms. The molecule has 0 aliphatic heterocycles. The van der Waals surface area contributed by atoms with Gasteiger partial charge >= 0.3 is 6.18 Å². The van der Waals surface area contributed by atoms with Gasteiger partial charge in [0.15, 0.2) is 0 Å². The quantitative estimate of drug-likeness (QED) is 0.620. The highest BCUT2D eigenvalue weighted by molar-refractivity contribution is 5.79. The Labute approximate surface area is 159 Å². The number of nitrogens with one attached hydrogen (secondary N) is 1. The van der Waals surface area contributed by atoms with Crippen molar-refractivity contribution in [3.63, 3.8) is 0 Å². The Balaban J connectivity index is 2.35. The van der Waals surface area contributed by atoms with Gasteiger partial charge in [0, 0.05) is 32.5 Å². The summed E-state index contributed by atoms with van der Waals surface area (Å²) in [5.41, 5.74) is -0.507. The molecule has 4 nitrogen and oxygen atoms in total. The topological polar surface area (TPSA) is 49.4 Å². The van der Waals surface area contributed by atoms with Gasteiger partial charge in [0.05, 0.1) is 5.56 Å². The van der Waals surface area contributed by atoms with E-state index in [4.69, 9.17) is 0 Å². The van der Waals surface area contributed by atoms with Crippen molar-refractivity contribution in [3.05, 3.63) is 35.4 Å². The van der Waals surface area contributed by atoms with Crippen LogP contribution in [-0.2, 0) is 22.2 Å². The summed E-state index contributed by atoms with van der Waals surface area (Å²) in [6.45, 7) is 5.60. The van der Waals surface area contributed by atoms with E-state index in [0.29, 0.717) is 12.8 Å². The lowest BCUT2D eigenvalue weighted by atomic mass is 10.0. The smallest absolute Gasteiger partial charge is 0.356 e. The van der Waals surface area contributed by atoms with Crippen LogP contribution in [0.1, 0.15) is 57.1 Å². The molecule has 0 spiro atoms. The van der Waals surface area contributed by atoms with Crippen molar-refractivity contribution < 1.29 is 22.8 Å². The first-order valence-corrected chi connectivity index (χ1v) is 9.49. The number of rotatable bonds is 11. The number of amides is 2. The second-order valence-corrected chi connectivity index (χ2v) is 6.49. The van der Waals surface area contributed by atoms with Gasteiger partial charge in [-0.15, -0.1) is 0 Å². The average molecular weight is 386 g/mol. The molecular weight excluding hydrogens is 357 g/mol. The van der Waals surface area contributed by atoms with Gasteiger partial charge in [0.2, 0.25) is 11.8 Å². The van der Waals surface area contributed by atoms with E-state index in [0.717, 1.165) is 32.0 Å². The van der Waals surface area contributed by atoms with E-state index in [1.165, 1.54) is 12.1 Å². The summed E-state index contributed by atoms with van der Waals surface area (Å²) >= 11 is 0. The fourth-order valence-corrected chi connectivity index (χ4v) is 2.90. The third-order valence-corrected chi connectivity index (χ3v) is 4.17. The van der Waals surface area contributed by atoms with Gasteiger partial charge < -0.3 is 10.2 Å². The summed E-state index contributed by atoms with van der Waals surface area (Å²) in [6, 6.07) is 5.36. The van der Waals surface area contributed by atoms with Crippen molar-refractivity contribution in [2.24, 2.45) is 0 Å². The Bertz CT molecular complexity index is 597. The molecule has 0 aliphatic rings. The maximum absolute atomic E-state index is 12.9. The number of carbonyl (C=O) groups excluding carboxylic acids is 2. The maximum Gasteiger partial charge on any atom is 0.416 e. The second kappa shape index (κ2) is 11.6. The van der Waals surface area contributed by atoms with Crippen molar-refractivity contribution in [3.8, 4) is 0 Å². The van der Waals surface area contributed by atoms with Crippen LogP contribution in [0.5, 0.6) is 0 Å². The van der Waals surface area contributed by atoms with Crippen LogP contribution in [0.25, 0.3) is 0 Å². The highest BCUT2D eigenvalue weighted by atomic mass is 19.4. The normalized spacial score (nSPS) is 11.3. The Hall–Kier alpha value is -2.05. The van der Waals surface area contributed by atoms with Crippen LogP contribution in [0.4, 0.5) is 13.2 Å². The molecule has 152 valence electrons. The number of nitrogens with zero attached hydrogens (tertiary/aromatic N) is 1. The lowest BCUT2D eigenvalue weighted by Gasteiger charge is -2.21. The standard InChI is InChI=1S/C20H29F3N2O2/c1-3-14-25(15-4-2)19(27)11-7-10-18(26)24-13-12-16-8-5-6-9-17(16)20(21,22)23/h5-6,8-9H,3-4,7,10-15H2,1-2H3,(H,24,26). The monoisotopic (exact) mass is 386 g/mol. The molecule has 0 radical (unpaired) electrons. The summed E-state index contributed by atoms with van der Waals surface area (Å²) in [4.78, 5) is 25.8. The number of hydrogen-bond acceptors (Lipinski definition) is 2. The zero-order valence-electron chi connectivity index (χ0n) is 16.1. The Morgan fingerprint density at radius 2 is 1.67 bits per heavy atom. The van der Waals surface area contributed by atoms with Crippen LogP contribution in [0, 0.1) is 0 Å². The van der Waals surface area contributed by atoms with Gasteiger partial charge in [-0.3, -0.25) is 9.59 Å². The van der Waals surface area contributed by atoms with E-state index in [-0.39, 0.29) is 36.8 Å². The van der Waals surface area contributed by atoms with Gasteiger partial charge in [0.25, 0.3) is 0 Å². The van der Waals surface area contributed by atoms with Crippen molar-refractivity contribution in [2.75, 3.05) is 19.6 Å². The summed E-state index contributed by atoms with van der Waals surface area (Å²) in [5, 5.41) is 2.63. The second-order valence-electron chi connectivity index (χ2n) is 6.49. The number of hydrogen-bond donors (Lipinski definition) is 1. The fraction of sp³-hybridized carbons (Fsp3) is 0.600. The van der Waals surface area contributed by atoms with Crippen LogP contribution in [0.2, 0.25) is 0 Å². The lowest BCUT2D eigenvalue weighted by Crippen LogP contribution is -2.32. The molecule has 0 atom stereocenters. The minimum absolute atomic E-state index is 0.0469. The van der Waals surface area contributed by atoms with Crippen LogP contribution < -0.4 is 5.32 Å². The molecule has 1 aromatic carbocycles. The minimum atomic E-state index is -4.40. The fourth-order valence-electron chi connectivity index (χ4n) is 2.90. The molecule has 1 aromatic rings. The molecule has 0 bridgehead atoms.